The van der Waals surface area contributed by atoms with Crippen molar-refractivity contribution in [2.24, 2.45) is 0 Å². The van der Waals surface area contributed by atoms with Gasteiger partial charge in [0.2, 0.25) is 5.95 Å². The normalized spacial score (nSPS) is 10.9. The van der Waals surface area contributed by atoms with Crippen molar-refractivity contribution >= 4 is 17.0 Å². The Bertz CT molecular complexity index is 1110. The van der Waals surface area contributed by atoms with Gasteiger partial charge in [0, 0.05) is 5.56 Å². The fourth-order valence-corrected chi connectivity index (χ4v) is 2.66. The van der Waals surface area contributed by atoms with Crippen LogP contribution in [-0.4, -0.2) is 19.7 Å². The molecule has 3 heterocycles. The number of nitrogen functional groups attached to an aromatic ring is 1. The predicted molar refractivity (Wildman–Crippen MR) is 87.7 cm³/mol. The van der Waals surface area contributed by atoms with Crippen molar-refractivity contribution in [3.8, 4) is 17.5 Å². The molecule has 0 aliphatic heterocycles. The smallest absolute Gasteiger partial charge is 0.222 e. The maximum absolute atomic E-state index is 14.1. The van der Waals surface area contributed by atoms with Crippen molar-refractivity contribution in [3.05, 3.63) is 59.7 Å². The topological polar surface area (TPSA) is 107 Å². The first kappa shape index (κ1) is 14.8. The predicted octanol–water partition coefficient (Wildman–Crippen LogP) is 2.73. The molecule has 0 bridgehead atoms. The number of benzene rings is 1. The van der Waals surface area contributed by atoms with Crippen molar-refractivity contribution in [3.63, 3.8) is 0 Å². The first-order valence-electron chi connectivity index (χ1n) is 7.38. The van der Waals surface area contributed by atoms with E-state index in [4.69, 9.17) is 10.2 Å². The van der Waals surface area contributed by atoms with E-state index in [1.54, 1.807) is 24.4 Å². The minimum Gasteiger partial charge on any atom is -0.463 e. The van der Waals surface area contributed by atoms with Gasteiger partial charge in [0.1, 0.15) is 11.5 Å². The van der Waals surface area contributed by atoms with Crippen LogP contribution in [0.5, 0.6) is 0 Å². The highest BCUT2D eigenvalue weighted by molar-refractivity contribution is 5.89. The molecule has 0 unspecified atom stereocenters. The molecular formula is C17H11FN6O. The Morgan fingerprint density at radius 2 is 2.12 bits per heavy atom. The van der Waals surface area contributed by atoms with Gasteiger partial charge >= 0.3 is 0 Å². The number of aromatic nitrogens is 4. The average Bonchev–Trinajstić information content (AvgIpc) is 3.26. The first-order valence-corrected chi connectivity index (χ1v) is 7.38. The second kappa shape index (κ2) is 5.72. The van der Waals surface area contributed by atoms with Crippen molar-refractivity contribution in [1.82, 2.24) is 19.7 Å². The molecule has 25 heavy (non-hydrogen) atoms. The molecule has 7 nitrogen and oxygen atoms in total. The fraction of sp³-hybridized carbons (Fsp3) is 0.0588. The second-order valence-corrected chi connectivity index (χ2v) is 5.32. The number of hydrogen-bond acceptors (Lipinski definition) is 6. The molecule has 0 radical (unpaired) electrons. The lowest BCUT2D eigenvalue weighted by atomic mass is 10.1. The van der Waals surface area contributed by atoms with Gasteiger partial charge in [-0.1, -0.05) is 6.07 Å². The van der Waals surface area contributed by atoms with Crippen LogP contribution < -0.4 is 5.73 Å². The summed E-state index contributed by atoms with van der Waals surface area (Å²) >= 11 is 0. The molecule has 4 rings (SSSR count). The number of nitriles is 1. The van der Waals surface area contributed by atoms with Crippen LogP contribution in [0.25, 0.3) is 22.5 Å². The standard InChI is InChI=1S/C17H11FN6O/c18-13-4-1-3-10(7-19)12(13)9-24-16-11(8-21-24)15(22-17(20)23-16)14-5-2-6-25-14/h1-6,8H,9H2,(H2,20,22,23). The van der Waals surface area contributed by atoms with Crippen molar-refractivity contribution in [1.29, 1.82) is 5.26 Å². The maximum Gasteiger partial charge on any atom is 0.222 e. The van der Waals surface area contributed by atoms with E-state index in [0.29, 0.717) is 22.5 Å². The molecule has 0 aliphatic carbocycles. The summed E-state index contributed by atoms with van der Waals surface area (Å²) in [5, 5.41) is 14.1. The van der Waals surface area contributed by atoms with E-state index in [0.717, 1.165) is 0 Å². The van der Waals surface area contributed by atoms with Gasteiger partial charge in [-0.25, -0.2) is 14.1 Å². The van der Waals surface area contributed by atoms with E-state index in [9.17, 15) is 9.65 Å². The highest BCUT2D eigenvalue weighted by Gasteiger charge is 2.17. The van der Waals surface area contributed by atoms with Gasteiger partial charge < -0.3 is 10.2 Å². The van der Waals surface area contributed by atoms with E-state index < -0.39 is 5.82 Å². The maximum atomic E-state index is 14.1. The first-order chi connectivity index (χ1) is 12.2. The van der Waals surface area contributed by atoms with E-state index >= 15 is 0 Å². The number of nitrogens with zero attached hydrogens (tertiary/aromatic N) is 5. The molecule has 0 fully saturated rings. The van der Waals surface area contributed by atoms with Gasteiger partial charge in [-0.15, -0.1) is 0 Å². The largest absolute Gasteiger partial charge is 0.463 e. The SMILES string of the molecule is N#Cc1cccc(F)c1Cn1ncc2c(-c3ccco3)nc(N)nc21. The zero-order valence-electron chi connectivity index (χ0n) is 12.8. The van der Waals surface area contributed by atoms with E-state index in [-0.39, 0.29) is 23.6 Å². The number of furan rings is 1. The molecule has 4 aromatic rings. The fourth-order valence-electron chi connectivity index (χ4n) is 2.66. The van der Waals surface area contributed by atoms with Crippen LogP contribution in [0.2, 0.25) is 0 Å². The van der Waals surface area contributed by atoms with Crippen molar-refractivity contribution < 1.29 is 8.81 Å². The molecule has 2 N–H and O–H groups in total. The lowest BCUT2D eigenvalue weighted by Gasteiger charge is -2.07. The van der Waals surface area contributed by atoms with Crippen LogP contribution in [0.1, 0.15) is 11.1 Å². The Hall–Kier alpha value is -3.73. The zero-order chi connectivity index (χ0) is 17.4. The molecule has 0 atom stereocenters. The number of nitrogens with two attached hydrogens (primary N) is 1. The number of fused-ring (bicyclic) bond motifs is 1. The summed E-state index contributed by atoms with van der Waals surface area (Å²) in [6, 6.07) is 9.84. The molecule has 0 spiro atoms. The van der Waals surface area contributed by atoms with Crippen LogP contribution in [0.4, 0.5) is 10.3 Å². The molecule has 1 aromatic carbocycles. The summed E-state index contributed by atoms with van der Waals surface area (Å²) < 4.78 is 21.0. The molecule has 122 valence electrons. The third kappa shape index (κ3) is 2.48. The van der Waals surface area contributed by atoms with Crippen molar-refractivity contribution in [2.75, 3.05) is 5.73 Å². The van der Waals surface area contributed by atoms with Crippen LogP contribution in [0, 0.1) is 17.1 Å². The lowest BCUT2D eigenvalue weighted by molar-refractivity contribution is 0.580. The monoisotopic (exact) mass is 334 g/mol. The quantitative estimate of drug-likeness (QED) is 0.617. The number of halogens is 1. The second-order valence-electron chi connectivity index (χ2n) is 5.32. The molecule has 3 aromatic heterocycles. The van der Waals surface area contributed by atoms with E-state index in [1.807, 2.05) is 6.07 Å². The van der Waals surface area contributed by atoms with Crippen molar-refractivity contribution in [2.45, 2.75) is 6.54 Å². The highest BCUT2D eigenvalue weighted by Crippen LogP contribution is 2.27. The summed E-state index contributed by atoms with van der Waals surface area (Å²) in [5.41, 5.74) is 7.24. The number of rotatable bonds is 3. The summed E-state index contributed by atoms with van der Waals surface area (Å²) in [6.07, 6.45) is 3.10. The van der Waals surface area contributed by atoms with Gasteiger partial charge in [0.25, 0.3) is 0 Å². The minimum absolute atomic E-state index is 0.0487. The number of anilines is 1. The Kier molecular flexibility index (Phi) is 3.40. The third-order valence-electron chi connectivity index (χ3n) is 3.82. The minimum atomic E-state index is -0.476. The molecular weight excluding hydrogens is 323 g/mol. The van der Waals surface area contributed by atoms with Crippen LogP contribution in [-0.2, 0) is 6.54 Å². The van der Waals surface area contributed by atoms with Gasteiger partial charge in [-0.3, -0.25) is 0 Å². The molecule has 0 saturated heterocycles. The molecule has 0 saturated carbocycles. The van der Waals surface area contributed by atoms with Crippen LogP contribution in [0.15, 0.2) is 47.2 Å². The Morgan fingerprint density at radius 3 is 2.88 bits per heavy atom. The third-order valence-corrected chi connectivity index (χ3v) is 3.82. The Labute approximate surface area is 141 Å². The van der Waals surface area contributed by atoms with E-state index in [2.05, 4.69) is 15.1 Å². The summed E-state index contributed by atoms with van der Waals surface area (Å²) in [5.74, 6) is 0.105. The number of hydrogen-bond donors (Lipinski definition) is 1. The molecule has 0 amide bonds. The van der Waals surface area contributed by atoms with Crippen LogP contribution in [0.3, 0.4) is 0 Å². The highest BCUT2D eigenvalue weighted by atomic mass is 19.1. The van der Waals surface area contributed by atoms with Gasteiger partial charge in [-0.2, -0.15) is 15.3 Å². The molecule has 0 aliphatic rings. The lowest BCUT2D eigenvalue weighted by Crippen LogP contribution is -2.08. The van der Waals surface area contributed by atoms with Crippen LogP contribution >= 0.6 is 0 Å². The molecule has 8 heteroatoms. The summed E-state index contributed by atoms with van der Waals surface area (Å²) in [6.45, 7) is 0.0487. The summed E-state index contributed by atoms with van der Waals surface area (Å²) in [7, 11) is 0. The Morgan fingerprint density at radius 1 is 1.24 bits per heavy atom. The zero-order valence-corrected chi connectivity index (χ0v) is 12.8. The average molecular weight is 334 g/mol. The summed E-state index contributed by atoms with van der Waals surface area (Å²) in [4.78, 5) is 8.42. The van der Waals surface area contributed by atoms with Gasteiger partial charge in [-0.05, 0) is 24.3 Å². The van der Waals surface area contributed by atoms with Gasteiger partial charge in [0.15, 0.2) is 11.4 Å². The Balaban J connectivity index is 1.87. The van der Waals surface area contributed by atoms with Gasteiger partial charge in [0.05, 0.1) is 36.0 Å². The van der Waals surface area contributed by atoms with E-state index in [1.165, 1.54) is 23.1 Å².